The van der Waals surface area contributed by atoms with Crippen molar-refractivity contribution in [2.45, 2.75) is 136 Å². The Balaban J connectivity index is 1.40. The van der Waals surface area contributed by atoms with Crippen LogP contribution in [0.5, 0.6) is 0 Å². The van der Waals surface area contributed by atoms with E-state index in [1.54, 1.807) is 12.1 Å². The molecular formula is C35H51F3N4O. The first-order chi connectivity index (χ1) is 20.7. The first kappa shape index (κ1) is 34.6. The molecule has 0 atom stereocenters. The number of halogens is 3. The van der Waals surface area contributed by atoms with E-state index >= 15 is 0 Å². The zero-order valence-electron chi connectivity index (χ0n) is 26.4. The molecule has 2 heterocycles. The summed E-state index contributed by atoms with van der Waals surface area (Å²) >= 11 is 0. The molecular weight excluding hydrogens is 549 g/mol. The minimum absolute atomic E-state index is 0.0441. The quantitative estimate of drug-likeness (QED) is 0.131. The summed E-state index contributed by atoms with van der Waals surface area (Å²) in [6.45, 7) is 6.84. The number of carbonyl (C=O) groups excluding carboxylic acids is 1. The first-order valence-corrected chi connectivity index (χ1v) is 16.6. The molecule has 1 aromatic carbocycles. The van der Waals surface area contributed by atoms with Crippen LogP contribution in [0, 0.1) is 0 Å². The van der Waals surface area contributed by atoms with Gasteiger partial charge in [0.25, 0.3) is 5.91 Å². The molecule has 0 unspecified atom stereocenters. The monoisotopic (exact) mass is 600 g/mol. The van der Waals surface area contributed by atoms with Crippen molar-refractivity contribution in [2.24, 2.45) is 0 Å². The highest BCUT2D eigenvalue weighted by Crippen LogP contribution is 2.33. The maximum absolute atomic E-state index is 13.9. The van der Waals surface area contributed by atoms with Gasteiger partial charge in [-0.25, -0.2) is 9.50 Å². The summed E-state index contributed by atoms with van der Waals surface area (Å²) in [5.41, 5.74) is 0.780. The van der Waals surface area contributed by atoms with Crippen LogP contribution in [0.1, 0.15) is 151 Å². The molecule has 0 fully saturated rings. The molecule has 0 saturated heterocycles. The Morgan fingerprint density at radius 2 is 1.33 bits per heavy atom. The summed E-state index contributed by atoms with van der Waals surface area (Å²) in [6.07, 6.45) is 16.9. The molecule has 2 aromatic heterocycles. The number of nitrogens with zero attached hydrogens (tertiary/aromatic N) is 3. The Kier molecular flexibility index (Phi) is 14.5. The number of fused-ring (bicyclic) bond motifs is 1. The second-order valence-electron chi connectivity index (χ2n) is 12.2. The number of amides is 1. The van der Waals surface area contributed by atoms with Crippen LogP contribution >= 0.6 is 0 Å². The molecule has 0 bridgehead atoms. The molecule has 238 valence electrons. The van der Waals surface area contributed by atoms with E-state index in [0.29, 0.717) is 18.0 Å². The van der Waals surface area contributed by atoms with Gasteiger partial charge in [-0.05, 0) is 24.0 Å². The van der Waals surface area contributed by atoms with Crippen molar-refractivity contribution in [3.05, 3.63) is 53.3 Å². The lowest BCUT2D eigenvalue weighted by Crippen LogP contribution is -2.24. The molecule has 1 N–H and O–H groups in total. The van der Waals surface area contributed by atoms with Crippen LogP contribution in [-0.4, -0.2) is 27.0 Å². The average Bonchev–Trinajstić information content (AvgIpc) is 3.42. The van der Waals surface area contributed by atoms with Crippen molar-refractivity contribution in [1.82, 2.24) is 19.9 Å². The second kappa shape index (κ2) is 18.0. The van der Waals surface area contributed by atoms with Gasteiger partial charge in [-0.15, -0.1) is 0 Å². The minimum atomic E-state index is -4.65. The highest BCUT2D eigenvalue weighted by Gasteiger charge is 2.36. The number of alkyl halides is 3. The minimum Gasteiger partial charge on any atom is -0.352 e. The number of hydrogen-bond donors (Lipinski definition) is 1. The standard InChI is InChI=1S/C35H51F3N4O/c1-4-5-6-7-8-9-10-11-12-13-14-15-16-17-18-19-24-39-34(43)30-26-40-42-32(35(36,37)38)25-31(41-33(30)42)29-22-20-28(21-23-29)27(2)3/h20-23,25-27H,4-19,24H2,1-3H3,(H,39,43). The van der Waals surface area contributed by atoms with E-state index in [4.69, 9.17) is 0 Å². The van der Waals surface area contributed by atoms with Crippen molar-refractivity contribution in [3.8, 4) is 11.3 Å². The lowest BCUT2D eigenvalue weighted by molar-refractivity contribution is -0.142. The highest BCUT2D eigenvalue weighted by atomic mass is 19.4. The smallest absolute Gasteiger partial charge is 0.352 e. The third-order valence-corrected chi connectivity index (χ3v) is 8.20. The van der Waals surface area contributed by atoms with Gasteiger partial charge in [0.1, 0.15) is 5.56 Å². The van der Waals surface area contributed by atoms with Crippen LogP contribution in [0.4, 0.5) is 13.2 Å². The van der Waals surface area contributed by atoms with Crippen molar-refractivity contribution < 1.29 is 18.0 Å². The zero-order valence-corrected chi connectivity index (χ0v) is 26.4. The Bertz CT molecular complexity index is 1230. The zero-order chi connectivity index (χ0) is 31.1. The fraction of sp³-hybridized carbons (Fsp3) is 0.629. The molecule has 3 rings (SSSR count). The molecule has 0 aliphatic rings. The van der Waals surface area contributed by atoms with Crippen LogP contribution in [0.3, 0.4) is 0 Å². The molecule has 3 aromatic rings. The van der Waals surface area contributed by atoms with Gasteiger partial charge >= 0.3 is 6.18 Å². The van der Waals surface area contributed by atoms with Gasteiger partial charge in [0.15, 0.2) is 11.3 Å². The molecule has 43 heavy (non-hydrogen) atoms. The van der Waals surface area contributed by atoms with E-state index in [0.717, 1.165) is 35.4 Å². The van der Waals surface area contributed by atoms with Crippen LogP contribution < -0.4 is 5.32 Å². The summed E-state index contributed by atoms with van der Waals surface area (Å²) < 4.78 is 42.5. The normalized spacial score (nSPS) is 12.0. The van der Waals surface area contributed by atoms with Gasteiger partial charge in [0.05, 0.1) is 11.9 Å². The number of aromatic nitrogens is 3. The average molecular weight is 601 g/mol. The van der Waals surface area contributed by atoms with Crippen molar-refractivity contribution in [1.29, 1.82) is 0 Å². The first-order valence-electron chi connectivity index (χ1n) is 16.6. The number of nitrogens with one attached hydrogen (secondary N) is 1. The van der Waals surface area contributed by atoms with Crippen LogP contribution in [0.2, 0.25) is 0 Å². The summed E-state index contributed by atoms with van der Waals surface area (Å²) in [5.74, 6) is -0.154. The topological polar surface area (TPSA) is 59.3 Å². The third-order valence-electron chi connectivity index (χ3n) is 8.20. The SMILES string of the molecule is CCCCCCCCCCCCCCCCCCNC(=O)c1cnn2c(C(F)(F)F)cc(-c3ccc(C(C)C)cc3)nc12. The van der Waals surface area contributed by atoms with Crippen molar-refractivity contribution in [3.63, 3.8) is 0 Å². The van der Waals surface area contributed by atoms with E-state index in [2.05, 4.69) is 36.2 Å². The fourth-order valence-electron chi connectivity index (χ4n) is 5.48. The summed E-state index contributed by atoms with van der Waals surface area (Å²) in [4.78, 5) is 17.4. The maximum atomic E-state index is 13.9. The van der Waals surface area contributed by atoms with Crippen LogP contribution in [0.25, 0.3) is 16.9 Å². The van der Waals surface area contributed by atoms with E-state index in [-0.39, 0.29) is 16.9 Å². The molecule has 8 heteroatoms. The lowest BCUT2D eigenvalue weighted by Gasteiger charge is -2.12. The van der Waals surface area contributed by atoms with Crippen molar-refractivity contribution >= 4 is 11.6 Å². The molecule has 5 nitrogen and oxygen atoms in total. The molecule has 0 radical (unpaired) electrons. The fourth-order valence-corrected chi connectivity index (χ4v) is 5.48. The number of hydrogen-bond acceptors (Lipinski definition) is 3. The molecule has 0 saturated carbocycles. The molecule has 0 aliphatic carbocycles. The second-order valence-corrected chi connectivity index (χ2v) is 12.2. The molecule has 0 aliphatic heterocycles. The number of benzene rings is 1. The Labute approximate surface area is 256 Å². The largest absolute Gasteiger partial charge is 0.433 e. The summed E-state index contributed by atoms with van der Waals surface area (Å²) in [7, 11) is 0. The summed E-state index contributed by atoms with van der Waals surface area (Å²) in [6, 6.07) is 8.30. The van der Waals surface area contributed by atoms with Gasteiger partial charge in [0, 0.05) is 12.1 Å². The number of unbranched alkanes of at least 4 members (excludes halogenated alkanes) is 15. The van der Waals surface area contributed by atoms with Gasteiger partial charge in [-0.2, -0.15) is 18.3 Å². The number of rotatable bonds is 20. The van der Waals surface area contributed by atoms with E-state index in [9.17, 15) is 18.0 Å². The van der Waals surface area contributed by atoms with E-state index in [1.807, 2.05) is 12.1 Å². The maximum Gasteiger partial charge on any atom is 0.433 e. The van der Waals surface area contributed by atoms with E-state index < -0.39 is 17.8 Å². The van der Waals surface area contributed by atoms with Gasteiger partial charge in [-0.3, -0.25) is 4.79 Å². The van der Waals surface area contributed by atoms with Gasteiger partial charge in [-0.1, -0.05) is 141 Å². The Hall–Kier alpha value is -2.90. The predicted octanol–water partition coefficient (Wildman–Crippen LogP) is 10.5. The van der Waals surface area contributed by atoms with E-state index in [1.165, 1.54) is 89.7 Å². The molecule has 1 amide bonds. The third kappa shape index (κ3) is 11.3. The highest BCUT2D eigenvalue weighted by molar-refractivity contribution is 5.99. The Morgan fingerprint density at radius 1 is 0.814 bits per heavy atom. The van der Waals surface area contributed by atoms with Gasteiger partial charge in [0.2, 0.25) is 0 Å². The predicted molar refractivity (Wildman–Crippen MR) is 169 cm³/mol. The summed E-state index contributed by atoms with van der Waals surface area (Å²) in [5, 5.41) is 6.73. The van der Waals surface area contributed by atoms with Gasteiger partial charge < -0.3 is 5.32 Å². The molecule has 0 spiro atoms. The lowest BCUT2D eigenvalue weighted by atomic mass is 10.0. The van der Waals surface area contributed by atoms with Crippen molar-refractivity contribution in [2.75, 3.05) is 6.54 Å². The van der Waals surface area contributed by atoms with Crippen LogP contribution in [0.15, 0.2) is 36.5 Å². The van der Waals surface area contributed by atoms with Crippen LogP contribution in [-0.2, 0) is 6.18 Å². The number of carbonyl (C=O) groups is 1. The Morgan fingerprint density at radius 3 is 1.81 bits per heavy atom.